The number of anilines is 1. The molecule has 0 spiro atoms. The molecule has 0 unspecified atom stereocenters. The summed E-state index contributed by atoms with van der Waals surface area (Å²) in [5, 5.41) is 4.17. The highest BCUT2D eigenvalue weighted by molar-refractivity contribution is 7.64. The Bertz CT molecular complexity index is 503. The third-order valence-corrected chi connectivity index (χ3v) is 4.13. The first kappa shape index (κ1) is 11.4. The van der Waals surface area contributed by atoms with E-state index in [0.717, 1.165) is 0 Å². The van der Waals surface area contributed by atoms with Crippen LogP contribution in [0.25, 0.3) is 10.8 Å². The van der Waals surface area contributed by atoms with Crippen LogP contribution in [0.4, 0.5) is 5.69 Å². The van der Waals surface area contributed by atoms with Gasteiger partial charge >= 0.3 is 0 Å². The van der Waals surface area contributed by atoms with Gasteiger partial charge in [0.1, 0.15) is 0 Å². The molecule has 0 aromatic heterocycles. The van der Waals surface area contributed by atoms with E-state index in [9.17, 15) is 0 Å². The summed E-state index contributed by atoms with van der Waals surface area (Å²) in [5.74, 6) is 0. The fourth-order valence-electron chi connectivity index (χ4n) is 2.07. The molecular formula is C14H18NP. The number of hydrogen-bond donors (Lipinski definition) is 0. The molecule has 0 N–H and O–H groups in total. The smallest absolute Gasteiger partial charge is 0.0518 e. The Morgan fingerprint density at radius 3 is 2.25 bits per heavy atom. The van der Waals surface area contributed by atoms with E-state index in [0.29, 0.717) is 0 Å². The molecule has 2 rings (SSSR count). The van der Waals surface area contributed by atoms with Crippen molar-refractivity contribution >= 4 is 29.7 Å². The van der Waals surface area contributed by atoms with Gasteiger partial charge in [-0.3, -0.25) is 0 Å². The van der Waals surface area contributed by atoms with Gasteiger partial charge < -0.3 is 4.90 Å². The van der Waals surface area contributed by atoms with Crippen molar-refractivity contribution in [3.05, 3.63) is 36.4 Å². The molecule has 0 heterocycles. The molecule has 0 aliphatic rings. The van der Waals surface area contributed by atoms with Crippen molar-refractivity contribution in [1.29, 1.82) is 0 Å². The third-order valence-electron chi connectivity index (χ3n) is 2.81. The number of nitrogens with zero attached hydrogens (tertiary/aromatic N) is 1. The summed E-state index contributed by atoms with van der Waals surface area (Å²) in [5.41, 5.74) is 1.38. The summed E-state index contributed by atoms with van der Waals surface area (Å²) in [6.07, 6.45) is 0. The van der Waals surface area contributed by atoms with Crippen LogP contribution in [0.3, 0.4) is 0 Å². The molecular weight excluding hydrogens is 213 g/mol. The fraction of sp³-hybridized carbons (Fsp3) is 0.286. The zero-order valence-corrected chi connectivity index (χ0v) is 11.3. The summed E-state index contributed by atoms with van der Waals surface area (Å²) in [6.45, 7) is 4.62. The minimum atomic E-state index is -0.0637. The van der Waals surface area contributed by atoms with Crippen LogP contribution < -0.4 is 10.2 Å². The van der Waals surface area contributed by atoms with Gasteiger partial charge in [0.2, 0.25) is 0 Å². The van der Waals surface area contributed by atoms with Crippen LogP contribution in [0.2, 0.25) is 0 Å². The molecule has 2 aromatic rings. The molecule has 2 aromatic carbocycles. The average Bonchev–Trinajstić information content (AvgIpc) is 2.27. The van der Waals surface area contributed by atoms with E-state index < -0.39 is 0 Å². The lowest BCUT2D eigenvalue weighted by Crippen LogP contribution is -2.18. The zero-order valence-electron chi connectivity index (χ0n) is 10.4. The molecule has 0 aliphatic carbocycles. The first-order valence-corrected chi connectivity index (χ1v) is 7.71. The van der Waals surface area contributed by atoms with Crippen LogP contribution in [0.15, 0.2) is 36.4 Å². The van der Waals surface area contributed by atoms with E-state index in [4.69, 9.17) is 0 Å². The summed E-state index contributed by atoms with van der Waals surface area (Å²) < 4.78 is 0. The lowest BCUT2D eigenvalue weighted by atomic mass is 10.1. The monoisotopic (exact) mass is 231 g/mol. The van der Waals surface area contributed by atoms with Crippen LogP contribution in [-0.2, 0) is 0 Å². The second-order valence-corrected chi connectivity index (χ2v) is 6.71. The normalized spacial score (nSPS) is 11.1. The van der Waals surface area contributed by atoms with Gasteiger partial charge in [-0.15, -0.1) is 0 Å². The topological polar surface area (TPSA) is 3.24 Å². The maximum Gasteiger partial charge on any atom is 0.0518 e. The van der Waals surface area contributed by atoms with Crippen molar-refractivity contribution in [3.63, 3.8) is 0 Å². The van der Waals surface area contributed by atoms with Crippen LogP contribution in [0.1, 0.15) is 0 Å². The lowest BCUT2D eigenvalue weighted by Gasteiger charge is -2.22. The molecule has 84 valence electrons. The minimum Gasteiger partial charge on any atom is -0.377 e. The van der Waals surface area contributed by atoms with Gasteiger partial charge in [0.05, 0.1) is 5.69 Å². The zero-order chi connectivity index (χ0) is 11.7. The van der Waals surface area contributed by atoms with E-state index in [2.05, 4.69) is 68.7 Å². The quantitative estimate of drug-likeness (QED) is 0.717. The number of fused-ring (bicyclic) bond motifs is 1. The first-order chi connectivity index (χ1) is 7.61. The highest BCUT2D eigenvalue weighted by Crippen LogP contribution is 2.34. The van der Waals surface area contributed by atoms with Crippen LogP contribution in [0.5, 0.6) is 0 Å². The number of hydrogen-bond acceptors (Lipinski definition) is 1. The Balaban J connectivity index is 2.79. The van der Waals surface area contributed by atoms with Crippen molar-refractivity contribution in [3.8, 4) is 0 Å². The number of rotatable bonds is 2. The highest BCUT2D eigenvalue weighted by Gasteiger charge is 2.11. The van der Waals surface area contributed by atoms with Gasteiger partial charge in [-0.2, -0.15) is 0 Å². The van der Waals surface area contributed by atoms with Crippen molar-refractivity contribution < 1.29 is 0 Å². The Morgan fingerprint density at radius 2 is 1.62 bits per heavy atom. The summed E-state index contributed by atoms with van der Waals surface area (Å²) in [7, 11) is 4.19. The summed E-state index contributed by atoms with van der Waals surface area (Å²) in [6, 6.07) is 13.1. The standard InChI is InChI=1S/C14H18NP/c1-15(2)14-12-8-6-5-7-11(12)9-10-13(14)16(3)4/h5-10H,1-4H3. The Labute approximate surface area is 98.8 Å². The SMILES string of the molecule is CN(C)c1c(P(C)C)ccc2ccccc12. The Morgan fingerprint density at radius 1 is 0.938 bits per heavy atom. The van der Waals surface area contributed by atoms with E-state index in [1.807, 2.05) is 0 Å². The van der Waals surface area contributed by atoms with Gasteiger partial charge in [0.25, 0.3) is 0 Å². The van der Waals surface area contributed by atoms with E-state index >= 15 is 0 Å². The molecule has 0 atom stereocenters. The van der Waals surface area contributed by atoms with Crippen LogP contribution >= 0.6 is 7.92 Å². The predicted molar refractivity (Wildman–Crippen MR) is 76.7 cm³/mol. The molecule has 16 heavy (non-hydrogen) atoms. The van der Waals surface area contributed by atoms with Gasteiger partial charge in [-0.1, -0.05) is 44.3 Å². The van der Waals surface area contributed by atoms with Crippen LogP contribution in [0, 0.1) is 0 Å². The number of benzene rings is 2. The molecule has 0 amide bonds. The molecule has 0 saturated heterocycles. The second-order valence-electron chi connectivity index (χ2n) is 4.44. The summed E-state index contributed by atoms with van der Waals surface area (Å²) >= 11 is 0. The average molecular weight is 231 g/mol. The van der Waals surface area contributed by atoms with E-state index in [1.165, 1.54) is 21.8 Å². The maximum absolute atomic E-state index is 2.31. The van der Waals surface area contributed by atoms with Crippen molar-refractivity contribution in [2.24, 2.45) is 0 Å². The molecule has 2 heteroatoms. The highest BCUT2D eigenvalue weighted by atomic mass is 31.1. The molecule has 1 nitrogen and oxygen atoms in total. The van der Waals surface area contributed by atoms with Gasteiger partial charge in [0, 0.05) is 19.5 Å². The molecule has 0 saturated carbocycles. The Kier molecular flexibility index (Phi) is 3.16. The molecule has 0 aliphatic heterocycles. The van der Waals surface area contributed by atoms with Crippen LogP contribution in [-0.4, -0.2) is 27.4 Å². The van der Waals surface area contributed by atoms with Gasteiger partial charge in [0.15, 0.2) is 0 Å². The molecule has 0 radical (unpaired) electrons. The second kappa shape index (κ2) is 4.43. The third kappa shape index (κ3) is 1.92. The van der Waals surface area contributed by atoms with E-state index in [-0.39, 0.29) is 7.92 Å². The largest absolute Gasteiger partial charge is 0.377 e. The minimum absolute atomic E-state index is 0.0637. The van der Waals surface area contributed by atoms with Crippen molar-refractivity contribution in [2.45, 2.75) is 0 Å². The van der Waals surface area contributed by atoms with E-state index in [1.54, 1.807) is 0 Å². The summed E-state index contributed by atoms with van der Waals surface area (Å²) in [4.78, 5) is 2.24. The van der Waals surface area contributed by atoms with Gasteiger partial charge in [-0.05, 0) is 24.0 Å². The predicted octanol–water partition coefficient (Wildman–Crippen LogP) is 3.27. The maximum atomic E-state index is 2.31. The first-order valence-electron chi connectivity index (χ1n) is 5.47. The molecule has 0 fully saturated rings. The van der Waals surface area contributed by atoms with Crippen molar-refractivity contribution in [2.75, 3.05) is 32.3 Å². The Hall–Kier alpha value is -1.07. The molecule has 0 bridgehead atoms. The van der Waals surface area contributed by atoms with Crippen molar-refractivity contribution in [1.82, 2.24) is 0 Å². The fourth-order valence-corrected chi connectivity index (χ4v) is 3.19. The van der Waals surface area contributed by atoms with Gasteiger partial charge in [-0.25, -0.2) is 0 Å². The lowest BCUT2D eigenvalue weighted by molar-refractivity contribution is 1.15.